The van der Waals surface area contributed by atoms with Crippen molar-refractivity contribution in [3.05, 3.63) is 29.8 Å². The Balaban J connectivity index is 2.47. The van der Waals surface area contributed by atoms with Gasteiger partial charge in [0, 0.05) is 7.05 Å². The summed E-state index contributed by atoms with van der Waals surface area (Å²) < 4.78 is 5.22. The van der Waals surface area contributed by atoms with Crippen LogP contribution in [0.5, 0.6) is 5.75 Å². The number of nitriles is 1. The maximum Gasteiger partial charge on any atom is 0.260 e. The second-order valence-electron chi connectivity index (χ2n) is 3.64. The topological polar surface area (TPSA) is 96.4 Å². The minimum absolute atomic E-state index is 0.143. The zero-order valence-corrected chi connectivity index (χ0v) is 9.92. The second kappa shape index (κ2) is 6.25. The highest BCUT2D eigenvalue weighted by Gasteiger charge is 2.11. The Morgan fingerprint density at radius 1 is 1.39 bits per heavy atom. The highest BCUT2D eigenvalue weighted by Crippen LogP contribution is 2.11. The minimum Gasteiger partial charge on any atom is -0.484 e. The summed E-state index contributed by atoms with van der Waals surface area (Å²) in [5.74, 6) is -0.447. The van der Waals surface area contributed by atoms with Crippen molar-refractivity contribution in [3.63, 3.8) is 0 Å². The van der Waals surface area contributed by atoms with Crippen molar-refractivity contribution < 1.29 is 14.3 Å². The van der Waals surface area contributed by atoms with Crippen LogP contribution in [-0.4, -0.2) is 36.9 Å². The van der Waals surface area contributed by atoms with E-state index in [-0.39, 0.29) is 19.1 Å². The van der Waals surface area contributed by atoms with Crippen LogP contribution in [0.15, 0.2) is 24.3 Å². The molecule has 18 heavy (non-hydrogen) atoms. The van der Waals surface area contributed by atoms with E-state index in [0.29, 0.717) is 11.3 Å². The molecular formula is C12H13N3O3. The minimum atomic E-state index is -0.579. The molecule has 6 heteroatoms. The van der Waals surface area contributed by atoms with Gasteiger partial charge in [-0.2, -0.15) is 5.26 Å². The van der Waals surface area contributed by atoms with E-state index in [2.05, 4.69) is 0 Å². The fourth-order valence-electron chi connectivity index (χ4n) is 1.20. The fraction of sp³-hybridized carbons (Fsp3) is 0.250. The van der Waals surface area contributed by atoms with Crippen LogP contribution in [0.4, 0.5) is 0 Å². The smallest absolute Gasteiger partial charge is 0.260 e. The Bertz CT molecular complexity index is 476. The third-order valence-corrected chi connectivity index (χ3v) is 2.16. The monoisotopic (exact) mass is 247 g/mol. The van der Waals surface area contributed by atoms with Crippen molar-refractivity contribution in [3.8, 4) is 11.8 Å². The highest BCUT2D eigenvalue weighted by atomic mass is 16.5. The average Bonchev–Trinajstić information content (AvgIpc) is 2.35. The molecule has 0 radical (unpaired) electrons. The number of carbonyl (C=O) groups excluding carboxylic acids is 2. The normalized spacial score (nSPS) is 9.33. The molecule has 2 amide bonds. The molecule has 1 aromatic carbocycles. The predicted molar refractivity (Wildman–Crippen MR) is 63.5 cm³/mol. The molecule has 1 rings (SSSR count). The lowest BCUT2D eigenvalue weighted by Crippen LogP contribution is -2.38. The molecule has 6 nitrogen and oxygen atoms in total. The maximum atomic E-state index is 11.5. The molecule has 0 fully saturated rings. The molecule has 0 saturated carbocycles. The van der Waals surface area contributed by atoms with Gasteiger partial charge in [0.1, 0.15) is 5.75 Å². The number of ether oxygens (including phenoxy) is 1. The Morgan fingerprint density at radius 3 is 2.50 bits per heavy atom. The molecule has 0 aromatic heterocycles. The number of likely N-dealkylation sites (N-methyl/N-ethyl adjacent to an activating group) is 1. The van der Waals surface area contributed by atoms with Crippen molar-refractivity contribution in [1.82, 2.24) is 4.90 Å². The molecule has 0 aliphatic heterocycles. The Hall–Kier alpha value is -2.55. The predicted octanol–water partition coefficient (Wildman–Crippen LogP) is -0.119. The molecule has 0 heterocycles. The first-order valence-corrected chi connectivity index (χ1v) is 5.18. The molecular weight excluding hydrogens is 234 g/mol. The Morgan fingerprint density at radius 2 is 2.00 bits per heavy atom. The number of primary amides is 1. The lowest BCUT2D eigenvalue weighted by Gasteiger charge is -2.15. The van der Waals surface area contributed by atoms with Gasteiger partial charge < -0.3 is 15.4 Å². The van der Waals surface area contributed by atoms with Crippen molar-refractivity contribution in [2.75, 3.05) is 20.2 Å². The summed E-state index contributed by atoms with van der Waals surface area (Å²) in [6, 6.07) is 8.35. The van der Waals surface area contributed by atoms with Gasteiger partial charge in [-0.25, -0.2) is 0 Å². The molecule has 2 N–H and O–H groups in total. The van der Waals surface area contributed by atoms with E-state index in [0.717, 1.165) is 0 Å². The summed E-state index contributed by atoms with van der Waals surface area (Å²) in [5, 5.41) is 8.61. The number of benzene rings is 1. The second-order valence-corrected chi connectivity index (χ2v) is 3.64. The number of nitrogens with two attached hydrogens (primary N) is 1. The molecule has 0 bridgehead atoms. The van der Waals surface area contributed by atoms with E-state index >= 15 is 0 Å². The van der Waals surface area contributed by atoms with E-state index in [9.17, 15) is 9.59 Å². The van der Waals surface area contributed by atoms with Gasteiger partial charge in [0.2, 0.25) is 5.91 Å². The van der Waals surface area contributed by atoms with E-state index in [1.54, 1.807) is 24.3 Å². The Labute approximate surface area is 105 Å². The first-order chi connectivity index (χ1) is 8.52. The van der Waals surface area contributed by atoms with Crippen LogP contribution in [0.2, 0.25) is 0 Å². The molecule has 0 atom stereocenters. The number of nitrogens with zero attached hydrogens (tertiary/aromatic N) is 2. The van der Waals surface area contributed by atoms with E-state index in [1.807, 2.05) is 6.07 Å². The molecule has 94 valence electrons. The quantitative estimate of drug-likeness (QED) is 0.784. The number of hydrogen-bond acceptors (Lipinski definition) is 4. The van der Waals surface area contributed by atoms with Crippen LogP contribution < -0.4 is 10.5 Å². The van der Waals surface area contributed by atoms with Crippen LogP contribution in [0.1, 0.15) is 5.56 Å². The van der Waals surface area contributed by atoms with Gasteiger partial charge in [0.25, 0.3) is 5.91 Å². The molecule has 0 saturated heterocycles. The van der Waals surface area contributed by atoms with Gasteiger partial charge in [-0.1, -0.05) is 0 Å². The van der Waals surface area contributed by atoms with E-state index in [1.165, 1.54) is 11.9 Å². The van der Waals surface area contributed by atoms with Gasteiger partial charge in [-0.3, -0.25) is 9.59 Å². The van der Waals surface area contributed by atoms with Gasteiger partial charge in [-0.15, -0.1) is 0 Å². The molecule has 0 unspecified atom stereocenters. The molecule has 0 aliphatic carbocycles. The summed E-state index contributed by atoms with van der Waals surface area (Å²) in [4.78, 5) is 23.3. The zero-order chi connectivity index (χ0) is 13.5. The number of rotatable bonds is 5. The summed E-state index contributed by atoms with van der Waals surface area (Å²) in [6.07, 6.45) is 0. The van der Waals surface area contributed by atoms with Crippen LogP contribution >= 0.6 is 0 Å². The maximum absolute atomic E-state index is 11.5. The zero-order valence-electron chi connectivity index (χ0n) is 9.92. The summed E-state index contributed by atoms with van der Waals surface area (Å²) in [6.45, 7) is -0.328. The molecule has 1 aromatic rings. The number of hydrogen-bond donors (Lipinski definition) is 1. The van der Waals surface area contributed by atoms with Crippen LogP contribution in [0, 0.1) is 11.3 Å². The third-order valence-electron chi connectivity index (χ3n) is 2.16. The largest absolute Gasteiger partial charge is 0.484 e. The molecule has 0 aliphatic rings. The van der Waals surface area contributed by atoms with Crippen LogP contribution in [0.25, 0.3) is 0 Å². The molecule has 0 spiro atoms. The van der Waals surface area contributed by atoms with E-state index in [4.69, 9.17) is 15.7 Å². The van der Waals surface area contributed by atoms with Gasteiger partial charge in [0.15, 0.2) is 6.61 Å². The SMILES string of the molecule is CN(CC(N)=O)C(=O)COc1ccc(C#N)cc1. The summed E-state index contributed by atoms with van der Waals surface area (Å²) in [5.41, 5.74) is 5.48. The van der Waals surface area contributed by atoms with E-state index < -0.39 is 5.91 Å². The van der Waals surface area contributed by atoms with Crippen LogP contribution in [0.3, 0.4) is 0 Å². The lowest BCUT2D eigenvalue weighted by atomic mass is 10.2. The van der Waals surface area contributed by atoms with Gasteiger partial charge >= 0.3 is 0 Å². The Kier molecular flexibility index (Phi) is 4.69. The summed E-state index contributed by atoms with van der Waals surface area (Å²) >= 11 is 0. The first-order valence-electron chi connectivity index (χ1n) is 5.18. The van der Waals surface area contributed by atoms with Gasteiger partial charge in [-0.05, 0) is 24.3 Å². The van der Waals surface area contributed by atoms with Crippen molar-refractivity contribution >= 4 is 11.8 Å². The average molecular weight is 247 g/mol. The van der Waals surface area contributed by atoms with Crippen molar-refractivity contribution in [2.45, 2.75) is 0 Å². The van der Waals surface area contributed by atoms with Crippen molar-refractivity contribution in [2.24, 2.45) is 5.73 Å². The van der Waals surface area contributed by atoms with Crippen molar-refractivity contribution in [1.29, 1.82) is 5.26 Å². The van der Waals surface area contributed by atoms with Gasteiger partial charge in [0.05, 0.1) is 18.2 Å². The fourth-order valence-corrected chi connectivity index (χ4v) is 1.20. The number of carbonyl (C=O) groups is 2. The summed E-state index contributed by atoms with van der Waals surface area (Å²) in [7, 11) is 1.47. The highest BCUT2D eigenvalue weighted by molar-refractivity contribution is 5.84. The lowest BCUT2D eigenvalue weighted by molar-refractivity contribution is -0.135. The number of amides is 2. The van der Waals surface area contributed by atoms with Crippen LogP contribution in [-0.2, 0) is 9.59 Å². The first kappa shape index (κ1) is 13.5. The standard InChI is InChI=1S/C12H13N3O3/c1-15(7-11(14)16)12(17)8-18-10-4-2-9(6-13)3-5-10/h2-5H,7-8H2,1H3,(H2,14,16). The third kappa shape index (κ3) is 4.14.